The van der Waals surface area contributed by atoms with E-state index in [1.807, 2.05) is 41.4 Å². The van der Waals surface area contributed by atoms with Crippen molar-refractivity contribution < 1.29 is 4.79 Å². The monoisotopic (exact) mass is 442 g/mol. The molecule has 1 amide bonds. The number of likely N-dealkylation sites (tertiary alicyclic amines) is 1. The number of nitrogens with one attached hydrogen (secondary N) is 1. The van der Waals surface area contributed by atoms with Gasteiger partial charge in [-0.3, -0.25) is 14.7 Å². The van der Waals surface area contributed by atoms with E-state index in [0.717, 1.165) is 36.7 Å². The molecule has 7 nitrogen and oxygen atoms in total. The fourth-order valence-corrected chi connectivity index (χ4v) is 4.32. The molecule has 1 fully saturated rings. The Balaban J connectivity index is 1.22. The lowest BCUT2D eigenvalue weighted by Crippen LogP contribution is -2.36. The fourth-order valence-electron chi connectivity index (χ4n) is 4.32. The number of amides is 1. The van der Waals surface area contributed by atoms with Crippen LogP contribution in [0.4, 0.5) is 0 Å². The molecule has 1 aliphatic heterocycles. The summed E-state index contributed by atoms with van der Waals surface area (Å²) in [6, 6.07) is 9.92. The van der Waals surface area contributed by atoms with Gasteiger partial charge < -0.3 is 14.3 Å². The van der Waals surface area contributed by atoms with E-state index in [1.165, 1.54) is 18.4 Å². The largest absolute Gasteiger partial charge is 0.346 e. The molecule has 0 bridgehead atoms. The van der Waals surface area contributed by atoms with E-state index in [-0.39, 0.29) is 5.91 Å². The van der Waals surface area contributed by atoms with Crippen molar-refractivity contribution in [3.63, 3.8) is 0 Å². The summed E-state index contributed by atoms with van der Waals surface area (Å²) < 4.78 is 3.98. The molecule has 0 saturated carbocycles. The van der Waals surface area contributed by atoms with Gasteiger partial charge in [0.25, 0.3) is 5.91 Å². The van der Waals surface area contributed by atoms with Crippen LogP contribution in [-0.2, 0) is 13.1 Å². The van der Waals surface area contributed by atoms with Crippen LogP contribution in [0.25, 0.3) is 11.3 Å². The number of piperidine rings is 1. The Kier molecular flexibility index (Phi) is 5.72. The molecule has 0 aromatic carbocycles. The molecule has 4 aromatic heterocycles. The van der Waals surface area contributed by atoms with Gasteiger partial charge in [0.15, 0.2) is 0 Å². The average molecular weight is 443 g/mol. The Bertz CT molecular complexity index is 1250. The van der Waals surface area contributed by atoms with Crippen LogP contribution in [0.2, 0.25) is 0 Å². The minimum Gasteiger partial charge on any atom is -0.346 e. The number of hydrogen-bond donors (Lipinski definition) is 1. The molecule has 0 unspecified atom stereocenters. The van der Waals surface area contributed by atoms with Crippen LogP contribution in [0, 0.1) is 5.41 Å². The third-order valence-electron chi connectivity index (χ3n) is 6.50. The van der Waals surface area contributed by atoms with Crippen LogP contribution in [0.5, 0.6) is 0 Å². The second-order valence-electron chi connectivity index (χ2n) is 9.68. The molecular weight excluding hydrogens is 412 g/mol. The number of rotatable bonds is 6. The number of aromatic nitrogens is 4. The number of imidazole rings is 1. The van der Waals surface area contributed by atoms with Crippen molar-refractivity contribution in [1.82, 2.24) is 29.2 Å². The zero-order valence-electron chi connectivity index (χ0n) is 19.2. The number of nitrogens with zero attached hydrogens (tertiary/aromatic N) is 5. The topological polar surface area (TPSA) is 67.5 Å². The predicted molar refractivity (Wildman–Crippen MR) is 128 cm³/mol. The first-order valence-corrected chi connectivity index (χ1v) is 11.5. The zero-order chi connectivity index (χ0) is 22.8. The summed E-state index contributed by atoms with van der Waals surface area (Å²) in [5.74, 6) is -0.165. The summed E-state index contributed by atoms with van der Waals surface area (Å²) in [5, 5.41) is 2.96. The molecule has 0 atom stereocenters. The van der Waals surface area contributed by atoms with Crippen molar-refractivity contribution >= 4 is 11.6 Å². The molecular formula is C26H30N6O. The fraction of sp³-hybridized carbons (Fsp3) is 0.346. The molecule has 7 heteroatoms. The third kappa shape index (κ3) is 4.98. The molecule has 0 spiro atoms. The van der Waals surface area contributed by atoms with Crippen LogP contribution in [0.3, 0.4) is 0 Å². The Morgan fingerprint density at radius 2 is 1.88 bits per heavy atom. The normalized spacial score (nSPS) is 16.2. The molecule has 1 aliphatic rings. The Labute approximate surface area is 194 Å². The molecule has 0 radical (unpaired) electrons. The summed E-state index contributed by atoms with van der Waals surface area (Å²) in [7, 11) is 0. The zero-order valence-corrected chi connectivity index (χ0v) is 19.2. The summed E-state index contributed by atoms with van der Waals surface area (Å²) in [5.41, 5.74) is 4.84. The second kappa shape index (κ2) is 8.83. The molecule has 1 saturated heterocycles. The van der Waals surface area contributed by atoms with Gasteiger partial charge in [-0.15, -0.1) is 0 Å². The van der Waals surface area contributed by atoms with Gasteiger partial charge in [-0.1, -0.05) is 19.9 Å². The Hall–Kier alpha value is -3.45. The van der Waals surface area contributed by atoms with Crippen LogP contribution >= 0.6 is 0 Å². The second-order valence-corrected chi connectivity index (χ2v) is 9.68. The maximum atomic E-state index is 12.7. The van der Waals surface area contributed by atoms with Crippen molar-refractivity contribution in [3.8, 4) is 5.69 Å². The first kappa shape index (κ1) is 21.4. The first-order valence-electron chi connectivity index (χ1n) is 11.5. The maximum absolute atomic E-state index is 12.7. The number of fused-ring (bicyclic) bond motifs is 1. The number of pyridine rings is 2. The molecule has 5 heterocycles. The van der Waals surface area contributed by atoms with Crippen LogP contribution < -0.4 is 5.32 Å². The van der Waals surface area contributed by atoms with Gasteiger partial charge in [-0.05, 0) is 61.2 Å². The van der Waals surface area contributed by atoms with Crippen molar-refractivity contribution in [3.05, 3.63) is 84.3 Å². The summed E-state index contributed by atoms with van der Waals surface area (Å²) in [4.78, 5) is 24.1. The number of carbonyl (C=O) groups is 1. The van der Waals surface area contributed by atoms with Crippen LogP contribution in [0.15, 0.2) is 67.5 Å². The van der Waals surface area contributed by atoms with Crippen molar-refractivity contribution in [2.24, 2.45) is 5.41 Å². The minimum absolute atomic E-state index is 0.165. The standard InChI is InChI=1S/C26H30N6O/c1-26(2)7-11-30(12-8-26)17-20-5-6-24-29-22(19-32(24)18-20)15-28-25(33)21-13-23(16-27-14-21)31-9-3-4-10-31/h3-6,9-10,13-14,16,18-19H,7-8,11-12,15,17H2,1-2H3,(H,28,33). The molecule has 33 heavy (non-hydrogen) atoms. The molecule has 4 aromatic rings. The van der Waals surface area contributed by atoms with Gasteiger partial charge >= 0.3 is 0 Å². The van der Waals surface area contributed by atoms with E-state index < -0.39 is 0 Å². The van der Waals surface area contributed by atoms with E-state index in [4.69, 9.17) is 0 Å². The average Bonchev–Trinajstić information content (AvgIpc) is 3.49. The summed E-state index contributed by atoms with van der Waals surface area (Å²) in [6.45, 7) is 8.33. The van der Waals surface area contributed by atoms with Crippen molar-refractivity contribution in [1.29, 1.82) is 0 Å². The lowest BCUT2D eigenvalue weighted by molar-refractivity contribution is 0.0950. The molecule has 0 aliphatic carbocycles. The lowest BCUT2D eigenvalue weighted by atomic mass is 9.82. The Morgan fingerprint density at radius 1 is 1.09 bits per heavy atom. The third-order valence-corrected chi connectivity index (χ3v) is 6.50. The number of hydrogen-bond acceptors (Lipinski definition) is 4. The number of carbonyl (C=O) groups excluding carboxylic acids is 1. The van der Waals surface area contributed by atoms with Crippen LogP contribution in [-0.4, -0.2) is 42.8 Å². The van der Waals surface area contributed by atoms with Crippen molar-refractivity contribution in [2.75, 3.05) is 13.1 Å². The van der Waals surface area contributed by atoms with E-state index in [9.17, 15) is 4.79 Å². The highest BCUT2D eigenvalue weighted by molar-refractivity contribution is 5.94. The highest BCUT2D eigenvalue weighted by atomic mass is 16.1. The van der Waals surface area contributed by atoms with Gasteiger partial charge in [0, 0.05) is 37.5 Å². The van der Waals surface area contributed by atoms with Gasteiger partial charge in [-0.25, -0.2) is 4.98 Å². The smallest absolute Gasteiger partial charge is 0.253 e. The quantitative estimate of drug-likeness (QED) is 0.489. The van der Waals surface area contributed by atoms with E-state index in [2.05, 4.69) is 56.8 Å². The summed E-state index contributed by atoms with van der Waals surface area (Å²) in [6.07, 6.45) is 13.8. The maximum Gasteiger partial charge on any atom is 0.253 e. The highest BCUT2D eigenvalue weighted by Gasteiger charge is 2.25. The van der Waals surface area contributed by atoms with E-state index in [1.54, 1.807) is 12.4 Å². The molecule has 170 valence electrons. The van der Waals surface area contributed by atoms with Gasteiger partial charge in [0.1, 0.15) is 5.65 Å². The summed E-state index contributed by atoms with van der Waals surface area (Å²) >= 11 is 0. The highest BCUT2D eigenvalue weighted by Crippen LogP contribution is 2.30. The van der Waals surface area contributed by atoms with E-state index >= 15 is 0 Å². The molecule has 5 rings (SSSR count). The van der Waals surface area contributed by atoms with Gasteiger partial charge in [0.05, 0.1) is 29.7 Å². The van der Waals surface area contributed by atoms with Gasteiger partial charge in [0.2, 0.25) is 0 Å². The minimum atomic E-state index is -0.165. The first-order chi connectivity index (χ1) is 15.9. The van der Waals surface area contributed by atoms with Crippen LogP contribution in [0.1, 0.15) is 48.3 Å². The SMILES string of the molecule is CC1(C)CCN(Cc2ccc3nc(CNC(=O)c4cncc(-n5cccc5)c4)cn3c2)CC1. The van der Waals surface area contributed by atoms with E-state index in [0.29, 0.717) is 17.5 Å². The van der Waals surface area contributed by atoms with Crippen molar-refractivity contribution in [2.45, 2.75) is 39.8 Å². The predicted octanol–water partition coefficient (Wildman–Crippen LogP) is 4.07. The molecule has 1 N–H and O–H groups in total. The Morgan fingerprint density at radius 3 is 2.67 bits per heavy atom. The van der Waals surface area contributed by atoms with Gasteiger partial charge in [-0.2, -0.15) is 0 Å². The lowest BCUT2D eigenvalue weighted by Gasteiger charge is -2.36.